The van der Waals surface area contributed by atoms with Crippen LogP contribution in [0.5, 0.6) is 5.75 Å². The number of nitrogens with one attached hydrogen (secondary N) is 1. The molecule has 2 amide bonds. The van der Waals surface area contributed by atoms with Gasteiger partial charge < -0.3 is 15.0 Å². The van der Waals surface area contributed by atoms with Gasteiger partial charge in [-0.05, 0) is 19.1 Å². The molecule has 0 aliphatic carbocycles. The summed E-state index contributed by atoms with van der Waals surface area (Å²) >= 11 is 3.35. The third-order valence-corrected chi connectivity index (χ3v) is 3.18. The first-order chi connectivity index (χ1) is 8.51. The third-order valence-electron chi connectivity index (χ3n) is 2.72. The summed E-state index contributed by atoms with van der Waals surface area (Å²) < 4.78 is 5.94. The molecule has 0 spiro atoms. The molecule has 0 radical (unpaired) electrons. The zero-order chi connectivity index (χ0) is 13.3. The number of ether oxygens (including phenoxy) is 1. The molecule has 1 aliphatic heterocycles. The number of carbonyl (C=O) groups is 2. The Morgan fingerprint density at radius 1 is 1.39 bits per heavy atom. The fourth-order valence-electron chi connectivity index (χ4n) is 1.84. The highest BCUT2D eigenvalue weighted by Gasteiger charge is 2.30. The highest BCUT2D eigenvalue weighted by atomic mass is 79.9. The van der Waals surface area contributed by atoms with E-state index in [9.17, 15) is 9.59 Å². The maximum atomic E-state index is 12.0. The van der Waals surface area contributed by atoms with Crippen LogP contribution < -0.4 is 15.0 Å². The Balaban J connectivity index is 2.37. The predicted octanol–water partition coefficient (Wildman–Crippen LogP) is 1.31. The van der Waals surface area contributed by atoms with Gasteiger partial charge in [0.1, 0.15) is 18.3 Å². The van der Waals surface area contributed by atoms with Gasteiger partial charge in [0.25, 0.3) is 0 Å². The molecular weight excluding hydrogens is 300 g/mol. The summed E-state index contributed by atoms with van der Waals surface area (Å²) in [5.41, 5.74) is 0.646. The van der Waals surface area contributed by atoms with Crippen molar-refractivity contribution in [2.45, 2.75) is 13.0 Å². The van der Waals surface area contributed by atoms with Crippen molar-refractivity contribution in [3.05, 3.63) is 22.7 Å². The average molecular weight is 313 g/mol. The Hall–Kier alpha value is -1.56. The van der Waals surface area contributed by atoms with Crippen molar-refractivity contribution < 1.29 is 14.3 Å². The van der Waals surface area contributed by atoms with E-state index >= 15 is 0 Å². The van der Waals surface area contributed by atoms with Crippen molar-refractivity contribution in [3.63, 3.8) is 0 Å². The molecule has 18 heavy (non-hydrogen) atoms. The molecule has 1 atom stereocenters. The Kier molecular flexibility index (Phi) is 3.56. The summed E-state index contributed by atoms with van der Waals surface area (Å²) in [5, 5.41) is 2.60. The number of benzene rings is 1. The molecule has 0 bridgehead atoms. The maximum absolute atomic E-state index is 12.0. The Morgan fingerprint density at radius 2 is 2.11 bits per heavy atom. The summed E-state index contributed by atoms with van der Waals surface area (Å²) in [6.45, 7) is 1.70. The lowest BCUT2D eigenvalue weighted by molar-refractivity contribution is -0.130. The molecule has 0 aromatic heterocycles. The molecule has 1 saturated heterocycles. The van der Waals surface area contributed by atoms with Crippen LogP contribution in [0.15, 0.2) is 22.7 Å². The number of nitrogens with zero attached hydrogens (tertiary/aromatic N) is 1. The molecular formula is C12H13BrN2O3. The van der Waals surface area contributed by atoms with Gasteiger partial charge in [0.15, 0.2) is 0 Å². The maximum Gasteiger partial charge on any atom is 0.249 e. The van der Waals surface area contributed by atoms with E-state index in [1.807, 2.05) is 0 Å². The van der Waals surface area contributed by atoms with Crippen molar-refractivity contribution >= 4 is 33.4 Å². The van der Waals surface area contributed by atoms with Crippen LogP contribution >= 0.6 is 15.9 Å². The van der Waals surface area contributed by atoms with Crippen LogP contribution in [-0.4, -0.2) is 31.5 Å². The second-order valence-corrected chi connectivity index (χ2v) is 4.98. The van der Waals surface area contributed by atoms with Gasteiger partial charge in [-0.2, -0.15) is 0 Å². The number of amides is 2. The molecule has 6 heteroatoms. The number of methoxy groups -OCH3 is 1. The highest BCUT2D eigenvalue weighted by molar-refractivity contribution is 9.10. The Labute approximate surface area is 113 Å². The van der Waals surface area contributed by atoms with Gasteiger partial charge in [0, 0.05) is 16.2 Å². The van der Waals surface area contributed by atoms with Gasteiger partial charge >= 0.3 is 0 Å². The van der Waals surface area contributed by atoms with E-state index in [-0.39, 0.29) is 18.4 Å². The third kappa shape index (κ3) is 2.48. The summed E-state index contributed by atoms with van der Waals surface area (Å²) in [5.74, 6) is 0.335. The van der Waals surface area contributed by atoms with Gasteiger partial charge in [-0.1, -0.05) is 15.9 Å². The minimum Gasteiger partial charge on any atom is -0.497 e. The smallest absolute Gasteiger partial charge is 0.249 e. The molecule has 0 saturated carbocycles. The standard InChI is InChI=1S/C12H13BrN2O3/c1-7-12(17)15(6-11(16)14-7)9-3-8(13)4-10(5-9)18-2/h3-5,7H,6H2,1-2H3,(H,14,16). The fourth-order valence-corrected chi connectivity index (χ4v) is 2.30. The van der Waals surface area contributed by atoms with E-state index in [4.69, 9.17) is 4.74 Å². The van der Waals surface area contributed by atoms with Gasteiger partial charge in [-0.15, -0.1) is 0 Å². The molecule has 1 aliphatic rings. The Bertz CT molecular complexity index is 504. The minimum absolute atomic E-state index is 0.0305. The number of anilines is 1. The fraction of sp³-hybridized carbons (Fsp3) is 0.333. The molecule has 5 nitrogen and oxygen atoms in total. The SMILES string of the molecule is COc1cc(Br)cc(N2CC(=O)NC(C)C2=O)c1. The minimum atomic E-state index is -0.503. The first kappa shape index (κ1) is 12.9. The first-order valence-electron chi connectivity index (χ1n) is 5.46. The van der Waals surface area contributed by atoms with Crippen molar-refractivity contribution in [1.29, 1.82) is 0 Å². The van der Waals surface area contributed by atoms with Crippen LogP contribution in [0.3, 0.4) is 0 Å². The van der Waals surface area contributed by atoms with Crippen LogP contribution in [0, 0.1) is 0 Å². The Morgan fingerprint density at radius 3 is 2.78 bits per heavy atom. The van der Waals surface area contributed by atoms with E-state index < -0.39 is 6.04 Å². The lowest BCUT2D eigenvalue weighted by atomic mass is 10.2. The van der Waals surface area contributed by atoms with E-state index in [1.54, 1.807) is 32.2 Å². The lowest BCUT2D eigenvalue weighted by Crippen LogP contribution is -2.57. The normalized spacial score (nSPS) is 19.7. The topological polar surface area (TPSA) is 58.6 Å². The molecule has 96 valence electrons. The zero-order valence-corrected chi connectivity index (χ0v) is 11.7. The first-order valence-corrected chi connectivity index (χ1v) is 6.26. The van der Waals surface area contributed by atoms with Crippen LogP contribution in [0.4, 0.5) is 5.69 Å². The van der Waals surface area contributed by atoms with Crippen molar-refractivity contribution in [1.82, 2.24) is 5.32 Å². The largest absolute Gasteiger partial charge is 0.497 e. The summed E-state index contributed by atoms with van der Waals surface area (Å²) in [6, 6.07) is 4.80. The molecule has 1 unspecified atom stereocenters. The predicted molar refractivity (Wildman–Crippen MR) is 70.7 cm³/mol. The highest BCUT2D eigenvalue weighted by Crippen LogP contribution is 2.28. The molecule has 2 rings (SSSR count). The number of halogens is 1. The van der Waals surface area contributed by atoms with E-state index in [1.165, 1.54) is 4.90 Å². The van der Waals surface area contributed by atoms with E-state index in [2.05, 4.69) is 21.2 Å². The van der Waals surface area contributed by atoms with Gasteiger partial charge in [-0.3, -0.25) is 9.59 Å². The average Bonchev–Trinajstić information content (AvgIpc) is 2.32. The summed E-state index contributed by atoms with van der Waals surface area (Å²) in [6.07, 6.45) is 0. The number of hydrogen-bond donors (Lipinski definition) is 1. The number of carbonyl (C=O) groups excluding carboxylic acids is 2. The van der Waals surface area contributed by atoms with Gasteiger partial charge in [0.05, 0.1) is 7.11 Å². The van der Waals surface area contributed by atoms with Crippen molar-refractivity contribution in [2.75, 3.05) is 18.6 Å². The molecule has 1 aromatic carbocycles. The molecule has 1 fully saturated rings. The molecule has 1 heterocycles. The quantitative estimate of drug-likeness (QED) is 0.895. The second-order valence-electron chi connectivity index (χ2n) is 4.06. The number of hydrogen-bond acceptors (Lipinski definition) is 3. The monoisotopic (exact) mass is 312 g/mol. The van der Waals surface area contributed by atoms with Crippen LogP contribution in [0.25, 0.3) is 0 Å². The van der Waals surface area contributed by atoms with E-state index in [0.29, 0.717) is 11.4 Å². The molecule has 1 aromatic rings. The lowest BCUT2D eigenvalue weighted by Gasteiger charge is -2.31. The van der Waals surface area contributed by atoms with Gasteiger partial charge in [0.2, 0.25) is 11.8 Å². The summed E-state index contributed by atoms with van der Waals surface area (Å²) in [7, 11) is 1.55. The van der Waals surface area contributed by atoms with Crippen LogP contribution in [0.2, 0.25) is 0 Å². The number of rotatable bonds is 2. The second kappa shape index (κ2) is 4.97. The van der Waals surface area contributed by atoms with E-state index in [0.717, 1.165) is 4.47 Å². The van der Waals surface area contributed by atoms with Crippen molar-refractivity contribution in [2.24, 2.45) is 0 Å². The van der Waals surface area contributed by atoms with Crippen molar-refractivity contribution in [3.8, 4) is 5.75 Å². The number of piperazine rings is 1. The van der Waals surface area contributed by atoms with Crippen LogP contribution in [0.1, 0.15) is 6.92 Å². The zero-order valence-electron chi connectivity index (χ0n) is 10.1. The van der Waals surface area contributed by atoms with Gasteiger partial charge in [-0.25, -0.2) is 0 Å². The van der Waals surface area contributed by atoms with Crippen LogP contribution in [-0.2, 0) is 9.59 Å². The summed E-state index contributed by atoms with van der Waals surface area (Å²) in [4.78, 5) is 25.0. The molecule has 1 N–H and O–H groups in total.